The molecule has 7 nitrogen and oxygen atoms in total. The third-order valence-electron chi connectivity index (χ3n) is 4.81. The molecule has 2 N–H and O–H groups in total. The number of carbonyl (C=O) groups excluding carboxylic acids is 1. The predicted octanol–water partition coefficient (Wildman–Crippen LogP) is 4.99. The Morgan fingerprint density at radius 3 is 2.24 bits per heavy atom. The number of oxazole rings is 1. The first-order chi connectivity index (χ1) is 16.1. The summed E-state index contributed by atoms with van der Waals surface area (Å²) in [5.41, 5.74) is 4.52. The molecule has 166 valence electrons. The topological polar surface area (TPSA) is 92.4 Å². The second kappa shape index (κ2) is 10.4. The minimum Gasteiger partial charge on any atom is -0.451 e. The van der Waals surface area contributed by atoms with E-state index < -0.39 is 0 Å². The highest BCUT2D eigenvalue weighted by molar-refractivity contribution is 6.14. The summed E-state index contributed by atoms with van der Waals surface area (Å²) < 4.78 is 4.95. The summed E-state index contributed by atoms with van der Waals surface area (Å²) in [5.74, 6) is 0.254. The lowest BCUT2D eigenvalue weighted by molar-refractivity contribution is 0.0951. The smallest absolute Gasteiger partial charge is 0.255 e. The molecule has 2 heterocycles. The van der Waals surface area contributed by atoms with Crippen molar-refractivity contribution < 1.29 is 9.21 Å². The number of aromatic nitrogens is 2. The molecule has 0 radical (unpaired) electrons. The molecule has 4 rings (SSSR count). The van der Waals surface area contributed by atoms with E-state index in [-0.39, 0.29) is 18.5 Å². The van der Waals surface area contributed by atoms with Gasteiger partial charge in [0.15, 0.2) is 12.2 Å². The molecule has 0 fully saturated rings. The number of amides is 1. The fourth-order valence-electron chi connectivity index (χ4n) is 3.31. The molecule has 7 heteroatoms. The van der Waals surface area contributed by atoms with E-state index in [9.17, 15) is 4.79 Å². The van der Waals surface area contributed by atoms with E-state index in [4.69, 9.17) is 9.41 Å². The maximum absolute atomic E-state index is 12.8. The highest BCUT2D eigenvalue weighted by atomic mass is 16.3. The molecule has 0 saturated carbocycles. The molecule has 0 aliphatic rings. The van der Waals surface area contributed by atoms with Crippen molar-refractivity contribution in [3.63, 3.8) is 0 Å². The third-order valence-corrected chi connectivity index (χ3v) is 4.81. The van der Waals surface area contributed by atoms with Crippen LogP contribution < -0.4 is 10.6 Å². The Labute approximate surface area is 192 Å². The van der Waals surface area contributed by atoms with Crippen LogP contribution in [0.1, 0.15) is 41.0 Å². The highest BCUT2D eigenvalue weighted by Gasteiger charge is 2.15. The summed E-state index contributed by atoms with van der Waals surface area (Å²) in [5, 5.41) is 6.19. The quantitative estimate of drug-likeness (QED) is 0.377. The minimum atomic E-state index is -0.254. The van der Waals surface area contributed by atoms with Crippen molar-refractivity contribution in [2.45, 2.75) is 26.4 Å². The van der Waals surface area contributed by atoms with Gasteiger partial charge < -0.3 is 15.1 Å². The van der Waals surface area contributed by atoms with Gasteiger partial charge in [0.05, 0.1) is 29.2 Å². The molecular weight excluding hydrogens is 414 g/mol. The van der Waals surface area contributed by atoms with Crippen molar-refractivity contribution in [1.82, 2.24) is 15.3 Å². The van der Waals surface area contributed by atoms with Crippen LogP contribution >= 0.6 is 0 Å². The van der Waals surface area contributed by atoms with Gasteiger partial charge in [-0.15, -0.1) is 0 Å². The van der Waals surface area contributed by atoms with Crippen LogP contribution in [0.25, 0.3) is 0 Å². The zero-order valence-electron chi connectivity index (χ0n) is 18.5. The first-order valence-corrected chi connectivity index (χ1v) is 10.7. The van der Waals surface area contributed by atoms with Gasteiger partial charge in [0.1, 0.15) is 6.26 Å². The summed E-state index contributed by atoms with van der Waals surface area (Å²) in [6.45, 7) is 4.29. The summed E-state index contributed by atoms with van der Waals surface area (Å²) in [7, 11) is 0. The second-order valence-electron chi connectivity index (χ2n) is 7.74. The van der Waals surface area contributed by atoms with Gasteiger partial charge >= 0.3 is 0 Å². The number of pyridine rings is 1. The Morgan fingerprint density at radius 1 is 1.00 bits per heavy atom. The van der Waals surface area contributed by atoms with Crippen molar-refractivity contribution in [3.8, 4) is 0 Å². The Morgan fingerprint density at radius 2 is 1.67 bits per heavy atom. The fraction of sp³-hybridized carbons (Fsp3) is 0.154. The van der Waals surface area contributed by atoms with Crippen molar-refractivity contribution in [2.24, 2.45) is 4.99 Å². The summed E-state index contributed by atoms with van der Waals surface area (Å²) >= 11 is 0. The number of nitrogens with one attached hydrogen (secondary N) is 2. The summed E-state index contributed by atoms with van der Waals surface area (Å²) in [6.07, 6.45) is 4.38. The number of rotatable bonds is 8. The molecule has 0 atom stereocenters. The average Bonchev–Trinajstić information content (AvgIpc) is 3.36. The van der Waals surface area contributed by atoms with Crippen LogP contribution in [0.4, 0.5) is 11.5 Å². The van der Waals surface area contributed by atoms with Gasteiger partial charge in [-0.1, -0.05) is 60.7 Å². The number of hydrogen-bond donors (Lipinski definition) is 2. The summed E-state index contributed by atoms with van der Waals surface area (Å²) in [6, 6.07) is 21.9. The maximum atomic E-state index is 12.8. The van der Waals surface area contributed by atoms with Gasteiger partial charge in [-0.25, -0.2) is 15.0 Å². The molecule has 0 aliphatic carbocycles. The number of nitrogens with zero attached hydrogens (tertiary/aromatic N) is 3. The number of anilines is 1. The third kappa shape index (κ3) is 5.71. The first kappa shape index (κ1) is 22.0. The SMILES string of the molecule is CC(C)Nc1cc(N=C(c2ccccc2)c2ccccc2)ncc1C(=O)NCc1cocn1. The molecule has 4 aromatic rings. The van der Waals surface area contributed by atoms with Crippen LogP contribution in [-0.2, 0) is 6.54 Å². The second-order valence-corrected chi connectivity index (χ2v) is 7.74. The van der Waals surface area contributed by atoms with Crippen LogP contribution in [-0.4, -0.2) is 27.6 Å². The molecule has 2 aromatic heterocycles. The first-order valence-electron chi connectivity index (χ1n) is 10.7. The Bertz CT molecular complexity index is 1180. The lowest BCUT2D eigenvalue weighted by Gasteiger charge is -2.15. The van der Waals surface area contributed by atoms with Gasteiger partial charge in [0.25, 0.3) is 5.91 Å². The van der Waals surface area contributed by atoms with E-state index in [0.717, 1.165) is 16.8 Å². The van der Waals surface area contributed by atoms with Gasteiger partial charge in [0, 0.05) is 29.4 Å². The van der Waals surface area contributed by atoms with Crippen LogP contribution in [0.5, 0.6) is 0 Å². The molecule has 0 bridgehead atoms. The van der Waals surface area contributed by atoms with E-state index in [2.05, 4.69) is 20.6 Å². The fourth-order valence-corrected chi connectivity index (χ4v) is 3.31. The normalized spacial score (nSPS) is 10.6. The Kier molecular flexibility index (Phi) is 6.90. The molecule has 0 spiro atoms. The van der Waals surface area contributed by atoms with Crippen molar-refractivity contribution in [2.75, 3.05) is 5.32 Å². The maximum Gasteiger partial charge on any atom is 0.255 e. The van der Waals surface area contributed by atoms with Crippen LogP contribution in [0.2, 0.25) is 0 Å². The molecule has 0 saturated heterocycles. The minimum absolute atomic E-state index is 0.119. The molecule has 2 aromatic carbocycles. The number of aliphatic imine (C=N–C) groups is 1. The van der Waals surface area contributed by atoms with Crippen molar-refractivity contribution in [1.29, 1.82) is 0 Å². The van der Waals surface area contributed by atoms with Crippen molar-refractivity contribution >= 4 is 23.1 Å². The zero-order valence-corrected chi connectivity index (χ0v) is 18.5. The average molecular weight is 440 g/mol. The molecule has 1 amide bonds. The standard InChI is InChI=1S/C26H25N5O2/c1-18(2)30-23-13-24(27-15-22(23)26(32)28-14-21-16-33-17-29-21)31-25(19-9-5-3-6-10-19)20-11-7-4-8-12-20/h3-13,15-18H,14H2,1-2H3,(H,27,30)(H,28,32). The van der Waals surface area contributed by atoms with E-state index in [1.165, 1.54) is 12.7 Å². The van der Waals surface area contributed by atoms with Crippen LogP contribution in [0.15, 0.2) is 95.0 Å². The predicted molar refractivity (Wildman–Crippen MR) is 129 cm³/mol. The van der Waals surface area contributed by atoms with E-state index in [0.29, 0.717) is 22.8 Å². The van der Waals surface area contributed by atoms with Crippen molar-refractivity contribution in [3.05, 3.63) is 108 Å². The number of benzene rings is 2. The van der Waals surface area contributed by atoms with E-state index in [1.54, 1.807) is 12.3 Å². The number of carbonyl (C=O) groups is 1. The Balaban J connectivity index is 1.69. The lowest BCUT2D eigenvalue weighted by atomic mass is 10.0. The molecule has 0 aliphatic heterocycles. The van der Waals surface area contributed by atoms with Gasteiger partial charge in [-0.05, 0) is 13.8 Å². The van der Waals surface area contributed by atoms with Gasteiger partial charge in [-0.3, -0.25) is 4.79 Å². The molecular formula is C26H25N5O2. The number of hydrogen-bond acceptors (Lipinski definition) is 6. The lowest BCUT2D eigenvalue weighted by Crippen LogP contribution is -2.25. The molecule has 33 heavy (non-hydrogen) atoms. The Hall–Kier alpha value is -4.26. The van der Waals surface area contributed by atoms with E-state index >= 15 is 0 Å². The van der Waals surface area contributed by atoms with Crippen LogP contribution in [0.3, 0.4) is 0 Å². The van der Waals surface area contributed by atoms with Gasteiger partial charge in [-0.2, -0.15) is 0 Å². The highest BCUT2D eigenvalue weighted by Crippen LogP contribution is 2.24. The summed E-state index contributed by atoms with van der Waals surface area (Å²) in [4.78, 5) is 26.2. The van der Waals surface area contributed by atoms with Gasteiger partial charge in [0.2, 0.25) is 0 Å². The largest absolute Gasteiger partial charge is 0.451 e. The monoisotopic (exact) mass is 439 g/mol. The van der Waals surface area contributed by atoms with E-state index in [1.807, 2.05) is 74.5 Å². The zero-order chi connectivity index (χ0) is 23.0. The van der Waals surface area contributed by atoms with Crippen LogP contribution in [0, 0.1) is 0 Å². The molecule has 0 unspecified atom stereocenters.